The van der Waals surface area contributed by atoms with Crippen LogP contribution in [0.3, 0.4) is 0 Å². The zero-order chi connectivity index (χ0) is 9.68. The average Bonchev–Trinajstić information content (AvgIpc) is 2.12. The number of likely N-dealkylation sites (tertiary alicyclic amines) is 1. The molecular weight excluding hydrogens is 202 g/mol. The quantitative estimate of drug-likeness (QED) is 0.531. The van der Waals surface area contributed by atoms with Crippen molar-refractivity contribution < 1.29 is 0 Å². The summed E-state index contributed by atoms with van der Waals surface area (Å²) >= 11 is 8.19. The van der Waals surface area contributed by atoms with E-state index in [0.717, 1.165) is 0 Å². The lowest BCUT2D eigenvalue weighted by atomic mass is 10.00. The molecule has 1 aliphatic rings. The highest BCUT2D eigenvalue weighted by atomic mass is 35.5. The van der Waals surface area contributed by atoms with E-state index in [1.54, 1.807) is 0 Å². The number of nitrogens with zero attached hydrogens (tertiary/aromatic N) is 1. The van der Waals surface area contributed by atoms with Crippen molar-refractivity contribution >= 4 is 23.4 Å². The van der Waals surface area contributed by atoms with E-state index in [-0.39, 0.29) is 0 Å². The van der Waals surface area contributed by atoms with Crippen LogP contribution in [0.4, 0.5) is 0 Å². The predicted octanol–water partition coefficient (Wildman–Crippen LogP) is 2.69. The van der Waals surface area contributed by atoms with Crippen molar-refractivity contribution in [2.45, 2.75) is 25.6 Å². The number of hydrogen-bond donors (Lipinski definition) is 0. The Hall–Kier alpha value is 0.600. The maximum atomic E-state index is 6.16. The summed E-state index contributed by atoms with van der Waals surface area (Å²) < 4.78 is 0. The highest BCUT2D eigenvalue weighted by molar-refractivity contribution is 7.99. The van der Waals surface area contributed by atoms with E-state index in [1.807, 2.05) is 11.8 Å². The molecule has 0 aromatic heterocycles. The van der Waals surface area contributed by atoms with Crippen molar-refractivity contribution in [1.29, 1.82) is 0 Å². The van der Waals surface area contributed by atoms with E-state index < -0.39 is 0 Å². The Bertz CT molecular complexity index is 143. The molecule has 0 bridgehead atoms. The summed E-state index contributed by atoms with van der Waals surface area (Å²) in [6.45, 7) is 8.11. The number of hydrogen-bond acceptors (Lipinski definition) is 2. The van der Waals surface area contributed by atoms with Gasteiger partial charge < -0.3 is 4.90 Å². The molecular formula is C10H20ClNS. The first-order chi connectivity index (χ1) is 6.24. The van der Waals surface area contributed by atoms with Gasteiger partial charge in [0.05, 0.1) is 0 Å². The largest absolute Gasteiger partial charge is 0.302 e. The second-order valence-corrected chi connectivity index (χ2v) is 5.73. The summed E-state index contributed by atoms with van der Waals surface area (Å²) in [7, 11) is 0. The van der Waals surface area contributed by atoms with E-state index >= 15 is 0 Å². The Balaban J connectivity index is 2.14. The van der Waals surface area contributed by atoms with Crippen LogP contribution < -0.4 is 0 Å². The number of alkyl halides is 1. The Morgan fingerprint density at radius 2 is 2.31 bits per heavy atom. The number of rotatable bonds is 4. The Morgan fingerprint density at radius 3 is 2.92 bits per heavy atom. The molecule has 1 fully saturated rings. The molecule has 2 atom stereocenters. The van der Waals surface area contributed by atoms with Gasteiger partial charge in [-0.05, 0) is 24.6 Å². The highest BCUT2D eigenvalue weighted by Gasteiger charge is 2.23. The van der Waals surface area contributed by atoms with Gasteiger partial charge in [0, 0.05) is 24.2 Å². The number of thioether (sulfide) groups is 1. The van der Waals surface area contributed by atoms with Crippen LogP contribution in [0.2, 0.25) is 0 Å². The van der Waals surface area contributed by atoms with E-state index in [2.05, 4.69) is 18.7 Å². The van der Waals surface area contributed by atoms with Crippen LogP contribution in [0.1, 0.15) is 20.3 Å². The molecule has 1 nitrogen and oxygen atoms in total. The summed E-state index contributed by atoms with van der Waals surface area (Å²) in [6, 6.07) is 0. The van der Waals surface area contributed by atoms with Crippen LogP contribution in [0.25, 0.3) is 0 Å². The molecule has 1 rings (SSSR count). The van der Waals surface area contributed by atoms with Gasteiger partial charge in [-0.3, -0.25) is 0 Å². The molecule has 0 aromatic carbocycles. The lowest BCUT2D eigenvalue weighted by Gasteiger charge is -2.33. The summed E-state index contributed by atoms with van der Waals surface area (Å²) in [6.07, 6.45) is 1.17. The first-order valence-electron chi connectivity index (χ1n) is 5.18. The first kappa shape index (κ1) is 11.7. The van der Waals surface area contributed by atoms with Gasteiger partial charge in [0.25, 0.3) is 0 Å². The molecule has 1 aliphatic heterocycles. The van der Waals surface area contributed by atoms with Gasteiger partial charge in [-0.15, -0.1) is 11.6 Å². The summed E-state index contributed by atoms with van der Waals surface area (Å²) in [4.78, 5) is 2.55. The fraction of sp³-hybridized carbons (Fsp3) is 1.00. The minimum Gasteiger partial charge on any atom is -0.302 e. The molecule has 0 aromatic rings. The molecule has 1 heterocycles. The van der Waals surface area contributed by atoms with Crippen LogP contribution in [0.5, 0.6) is 0 Å². The van der Waals surface area contributed by atoms with Crippen molar-refractivity contribution in [3.63, 3.8) is 0 Å². The third-order valence-corrected chi connectivity index (χ3v) is 4.17. The lowest BCUT2D eigenvalue weighted by molar-refractivity contribution is 0.198. The maximum absolute atomic E-state index is 6.16. The maximum Gasteiger partial charge on any atom is 0.0386 e. The fourth-order valence-corrected chi connectivity index (χ4v) is 2.60. The Morgan fingerprint density at radius 1 is 1.54 bits per heavy atom. The second kappa shape index (κ2) is 6.15. The molecule has 0 aliphatic carbocycles. The molecule has 13 heavy (non-hydrogen) atoms. The standard InChI is InChI=1S/C10H20ClNS/c1-3-13-7-6-12-5-4-10(11)9(2)8-12/h9-10H,3-8H2,1-2H3. The van der Waals surface area contributed by atoms with E-state index in [9.17, 15) is 0 Å². The van der Waals surface area contributed by atoms with Gasteiger partial charge in [0.15, 0.2) is 0 Å². The monoisotopic (exact) mass is 221 g/mol. The summed E-state index contributed by atoms with van der Waals surface area (Å²) in [5, 5.41) is 0.412. The van der Waals surface area contributed by atoms with Gasteiger partial charge in [0.1, 0.15) is 0 Å². The minimum absolute atomic E-state index is 0.412. The third kappa shape index (κ3) is 4.09. The SMILES string of the molecule is CCSCCN1CCC(Cl)C(C)C1. The van der Waals surface area contributed by atoms with Crippen molar-refractivity contribution in [1.82, 2.24) is 4.90 Å². The lowest BCUT2D eigenvalue weighted by Crippen LogP contribution is -2.40. The van der Waals surface area contributed by atoms with Crippen LogP contribution >= 0.6 is 23.4 Å². The van der Waals surface area contributed by atoms with Crippen molar-refractivity contribution in [2.75, 3.05) is 31.1 Å². The molecule has 3 heteroatoms. The fourth-order valence-electron chi connectivity index (χ4n) is 1.74. The van der Waals surface area contributed by atoms with E-state index in [0.29, 0.717) is 11.3 Å². The van der Waals surface area contributed by atoms with Crippen LogP contribution in [-0.4, -0.2) is 41.4 Å². The Kier molecular flexibility index (Phi) is 5.52. The number of halogens is 1. The molecule has 0 saturated carbocycles. The van der Waals surface area contributed by atoms with E-state index in [1.165, 1.54) is 37.6 Å². The van der Waals surface area contributed by atoms with Crippen LogP contribution in [0, 0.1) is 5.92 Å². The van der Waals surface area contributed by atoms with Gasteiger partial charge in [0.2, 0.25) is 0 Å². The van der Waals surface area contributed by atoms with E-state index in [4.69, 9.17) is 11.6 Å². The van der Waals surface area contributed by atoms with Gasteiger partial charge in [-0.2, -0.15) is 11.8 Å². The number of piperidine rings is 1. The molecule has 0 radical (unpaired) electrons. The molecule has 0 N–H and O–H groups in total. The van der Waals surface area contributed by atoms with Crippen molar-refractivity contribution in [2.24, 2.45) is 5.92 Å². The van der Waals surface area contributed by atoms with Crippen molar-refractivity contribution in [3.05, 3.63) is 0 Å². The summed E-state index contributed by atoms with van der Waals surface area (Å²) in [5.41, 5.74) is 0. The van der Waals surface area contributed by atoms with Crippen LogP contribution in [-0.2, 0) is 0 Å². The van der Waals surface area contributed by atoms with Crippen molar-refractivity contribution in [3.8, 4) is 0 Å². The molecule has 2 unspecified atom stereocenters. The van der Waals surface area contributed by atoms with Gasteiger partial charge in [-0.25, -0.2) is 0 Å². The second-order valence-electron chi connectivity index (χ2n) is 3.78. The molecule has 78 valence electrons. The molecule has 0 amide bonds. The molecule has 1 saturated heterocycles. The summed E-state index contributed by atoms with van der Waals surface area (Å²) in [5.74, 6) is 3.18. The van der Waals surface area contributed by atoms with Crippen LogP contribution in [0.15, 0.2) is 0 Å². The topological polar surface area (TPSA) is 3.24 Å². The highest BCUT2D eigenvalue weighted by Crippen LogP contribution is 2.21. The average molecular weight is 222 g/mol. The third-order valence-electron chi connectivity index (χ3n) is 2.64. The minimum atomic E-state index is 0.412. The zero-order valence-electron chi connectivity index (χ0n) is 8.63. The van der Waals surface area contributed by atoms with Gasteiger partial charge >= 0.3 is 0 Å². The predicted molar refractivity (Wildman–Crippen MR) is 62.9 cm³/mol. The van der Waals surface area contributed by atoms with Gasteiger partial charge in [-0.1, -0.05) is 13.8 Å². The Labute approximate surface area is 91.2 Å². The smallest absolute Gasteiger partial charge is 0.0386 e. The zero-order valence-corrected chi connectivity index (χ0v) is 10.2. The normalized spacial score (nSPS) is 30.7. The first-order valence-corrected chi connectivity index (χ1v) is 6.77. The molecule has 0 spiro atoms.